The molecule has 1 heterocycles. The van der Waals surface area contributed by atoms with Gasteiger partial charge >= 0.3 is 5.97 Å². The van der Waals surface area contributed by atoms with Crippen LogP contribution >= 0.6 is 0 Å². The molecule has 4 N–H and O–H groups in total. The van der Waals surface area contributed by atoms with Crippen molar-refractivity contribution >= 4 is 17.8 Å². The van der Waals surface area contributed by atoms with Crippen molar-refractivity contribution in [1.29, 1.82) is 0 Å². The van der Waals surface area contributed by atoms with Crippen LogP contribution < -0.4 is 11.1 Å². The van der Waals surface area contributed by atoms with Gasteiger partial charge in [0.2, 0.25) is 5.91 Å². The van der Waals surface area contributed by atoms with E-state index in [1.165, 1.54) is 16.9 Å². The van der Waals surface area contributed by atoms with E-state index in [2.05, 4.69) is 10.4 Å². The third kappa shape index (κ3) is 3.30. The van der Waals surface area contributed by atoms with E-state index in [4.69, 9.17) is 10.8 Å². The minimum atomic E-state index is -1.34. The molecule has 0 aromatic carbocycles. The first-order valence-electron chi connectivity index (χ1n) is 4.71. The molecule has 1 atom stereocenters. The molecule has 1 aromatic rings. The van der Waals surface area contributed by atoms with Crippen LogP contribution in [0.25, 0.3) is 0 Å². The van der Waals surface area contributed by atoms with E-state index in [-0.39, 0.29) is 5.69 Å². The van der Waals surface area contributed by atoms with Gasteiger partial charge in [-0.15, -0.1) is 0 Å². The summed E-state index contributed by atoms with van der Waals surface area (Å²) >= 11 is 0. The number of carbonyl (C=O) groups excluding carboxylic acids is 2. The van der Waals surface area contributed by atoms with Gasteiger partial charge in [-0.3, -0.25) is 14.3 Å². The molecule has 0 spiro atoms. The summed E-state index contributed by atoms with van der Waals surface area (Å²) in [4.78, 5) is 33.1. The van der Waals surface area contributed by atoms with Gasteiger partial charge in [-0.05, 0) is 6.07 Å². The number of primary amides is 1. The predicted molar refractivity (Wildman–Crippen MR) is 55.9 cm³/mol. The maximum atomic E-state index is 11.6. The van der Waals surface area contributed by atoms with Gasteiger partial charge in [-0.2, -0.15) is 5.10 Å². The summed E-state index contributed by atoms with van der Waals surface area (Å²) in [6, 6.07) is 0.0910. The highest BCUT2D eigenvalue weighted by atomic mass is 16.4. The molecule has 8 heteroatoms. The third-order valence-corrected chi connectivity index (χ3v) is 2.06. The second-order valence-electron chi connectivity index (χ2n) is 3.37. The van der Waals surface area contributed by atoms with Crippen LogP contribution in [-0.4, -0.2) is 38.7 Å². The summed E-state index contributed by atoms with van der Waals surface area (Å²) in [6.45, 7) is 0. The normalized spacial score (nSPS) is 11.8. The van der Waals surface area contributed by atoms with Crippen LogP contribution in [0.3, 0.4) is 0 Å². The summed E-state index contributed by atoms with van der Waals surface area (Å²) in [6.07, 6.45) is 0.942. The molecular formula is C9H12N4O4. The van der Waals surface area contributed by atoms with Crippen molar-refractivity contribution in [3.05, 3.63) is 18.0 Å². The number of carboxylic acid groups (broad SMARTS) is 1. The molecule has 2 amide bonds. The number of aromatic nitrogens is 2. The van der Waals surface area contributed by atoms with Crippen LogP contribution in [0.15, 0.2) is 12.3 Å². The van der Waals surface area contributed by atoms with Gasteiger partial charge in [0.25, 0.3) is 5.91 Å². The van der Waals surface area contributed by atoms with Crippen LogP contribution in [0.2, 0.25) is 0 Å². The molecule has 0 fully saturated rings. The van der Waals surface area contributed by atoms with Crippen molar-refractivity contribution in [3.63, 3.8) is 0 Å². The van der Waals surface area contributed by atoms with E-state index in [1.807, 2.05) is 0 Å². The van der Waals surface area contributed by atoms with Crippen LogP contribution in [0.4, 0.5) is 0 Å². The van der Waals surface area contributed by atoms with Crippen LogP contribution in [0, 0.1) is 0 Å². The fourth-order valence-corrected chi connectivity index (χ4v) is 1.23. The first-order chi connectivity index (χ1) is 7.91. The second-order valence-corrected chi connectivity index (χ2v) is 3.37. The van der Waals surface area contributed by atoms with E-state index in [0.29, 0.717) is 0 Å². The fourth-order valence-electron chi connectivity index (χ4n) is 1.23. The number of nitrogens with one attached hydrogen (secondary N) is 1. The van der Waals surface area contributed by atoms with Crippen molar-refractivity contribution in [3.8, 4) is 0 Å². The molecule has 0 aliphatic heterocycles. The Morgan fingerprint density at radius 3 is 2.65 bits per heavy atom. The van der Waals surface area contributed by atoms with E-state index in [9.17, 15) is 14.4 Å². The first kappa shape index (κ1) is 12.7. The molecule has 0 aliphatic carbocycles. The van der Waals surface area contributed by atoms with Gasteiger partial charge in [-0.25, -0.2) is 4.79 Å². The highest BCUT2D eigenvalue weighted by Crippen LogP contribution is 1.99. The summed E-state index contributed by atoms with van der Waals surface area (Å²) in [7, 11) is 1.54. The Hall–Kier alpha value is -2.38. The maximum absolute atomic E-state index is 11.6. The van der Waals surface area contributed by atoms with Crippen molar-refractivity contribution in [2.24, 2.45) is 12.8 Å². The molecule has 0 aliphatic rings. The summed E-state index contributed by atoms with van der Waals surface area (Å²) in [5, 5.41) is 14.8. The van der Waals surface area contributed by atoms with Crippen molar-refractivity contribution in [2.75, 3.05) is 0 Å². The van der Waals surface area contributed by atoms with Gasteiger partial charge in [-0.1, -0.05) is 0 Å². The van der Waals surface area contributed by atoms with Gasteiger partial charge in [0.1, 0.15) is 11.7 Å². The number of nitrogens with zero attached hydrogens (tertiary/aromatic N) is 2. The molecule has 0 saturated heterocycles. The number of carbonyl (C=O) groups is 3. The molecule has 0 radical (unpaired) electrons. The zero-order valence-electron chi connectivity index (χ0n) is 9.08. The number of amides is 2. The van der Waals surface area contributed by atoms with E-state index >= 15 is 0 Å². The van der Waals surface area contributed by atoms with Gasteiger partial charge < -0.3 is 16.2 Å². The lowest BCUT2D eigenvalue weighted by Gasteiger charge is -2.12. The van der Waals surface area contributed by atoms with Crippen LogP contribution in [0.1, 0.15) is 16.9 Å². The van der Waals surface area contributed by atoms with Gasteiger partial charge in [0.05, 0.1) is 6.42 Å². The van der Waals surface area contributed by atoms with E-state index < -0.39 is 30.2 Å². The maximum Gasteiger partial charge on any atom is 0.326 e. The predicted octanol–water partition coefficient (Wildman–Crippen LogP) is -1.52. The van der Waals surface area contributed by atoms with Crippen molar-refractivity contribution < 1.29 is 19.5 Å². The first-order valence-corrected chi connectivity index (χ1v) is 4.71. The Balaban J connectivity index is 2.74. The smallest absolute Gasteiger partial charge is 0.326 e. The van der Waals surface area contributed by atoms with Gasteiger partial charge in [0.15, 0.2) is 0 Å². The number of aryl methyl sites for hydroxylation is 1. The van der Waals surface area contributed by atoms with E-state index in [0.717, 1.165) is 0 Å². The summed E-state index contributed by atoms with van der Waals surface area (Å²) < 4.78 is 1.29. The highest BCUT2D eigenvalue weighted by molar-refractivity contribution is 5.96. The Morgan fingerprint density at radius 2 is 2.24 bits per heavy atom. The minimum Gasteiger partial charge on any atom is -0.480 e. The van der Waals surface area contributed by atoms with Crippen molar-refractivity contribution in [2.45, 2.75) is 12.5 Å². The molecule has 92 valence electrons. The molecule has 1 rings (SSSR count). The molecule has 17 heavy (non-hydrogen) atoms. The lowest BCUT2D eigenvalue weighted by Crippen LogP contribution is -2.43. The number of hydrogen-bond acceptors (Lipinski definition) is 4. The lowest BCUT2D eigenvalue weighted by molar-refractivity contribution is -0.140. The standard InChI is InChI=1S/C9H12N4O4/c1-13-6(2-3-11-13)8(15)12-5(9(16)17)4-7(10)14/h2-3,5H,4H2,1H3,(H2,10,14)(H,12,15)(H,16,17). The fraction of sp³-hybridized carbons (Fsp3) is 0.333. The number of rotatable bonds is 5. The lowest BCUT2D eigenvalue weighted by atomic mass is 10.2. The van der Waals surface area contributed by atoms with Crippen molar-refractivity contribution in [1.82, 2.24) is 15.1 Å². The topological polar surface area (TPSA) is 127 Å². The largest absolute Gasteiger partial charge is 0.480 e. The van der Waals surface area contributed by atoms with Crippen LogP contribution in [-0.2, 0) is 16.6 Å². The molecular weight excluding hydrogens is 228 g/mol. The van der Waals surface area contributed by atoms with Gasteiger partial charge in [0, 0.05) is 13.2 Å². The minimum absolute atomic E-state index is 0.195. The monoisotopic (exact) mass is 240 g/mol. The third-order valence-electron chi connectivity index (χ3n) is 2.06. The van der Waals surface area contributed by atoms with Crippen LogP contribution in [0.5, 0.6) is 0 Å². The Labute approximate surface area is 96.4 Å². The molecule has 8 nitrogen and oxygen atoms in total. The number of carboxylic acids is 1. The Morgan fingerprint density at radius 1 is 1.59 bits per heavy atom. The molecule has 0 saturated carbocycles. The Bertz CT molecular complexity index is 454. The average Bonchev–Trinajstić information content (AvgIpc) is 2.62. The summed E-state index contributed by atoms with van der Waals surface area (Å²) in [5.74, 6) is -2.75. The zero-order valence-corrected chi connectivity index (χ0v) is 9.08. The Kier molecular flexibility index (Phi) is 3.81. The average molecular weight is 240 g/mol. The molecule has 0 bridgehead atoms. The second kappa shape index (κ2) is 5.10. The SMILES string of the molecule is Cn1nccc1C(=O)NC(CC(N)=O)C(=O)O. The molecule has 1 unspecified atom stereocenters. The quantitative estimate of drug-likeness (QED) is 0.575. The molecule has 1 aromatic heterocycles. The zero-order chi connectivity index (χ0) is 13.0. The number of hydrogen-bond donors (Lipinski definition) is 3. The highest BCUT2D eigenvalue weighted by Gasteiger charge is 2.23. The number of nitrogens with two attached hydrogens (primary N) is 1. The van der Waals surface area contributed by atoms with E-state index in [1.54, 1.807) is 7.05 Å². The summed E-state index contributed by atoms with van der Waals surface area (Å²) in [5.41, 5.74) is 5.08. The number of aliphatic carboxylic acids is 1.